The molecule has 4 nitrogen and oxygen atoms in total. The number of aryl methyl sites for hydroxylation is 1. The lowest BCUT2D eigenvalue weighted by Gasteiger charge is -2.18. The minimum Gasteiger partial charge on any atom is -0.432 e. The molecule has 0 saturated heterocycles. The van der Waals surface area contributed by atoms with E-state index in [4.69, 9.17) is 9.47 Å². The molecule has 0 saturated carbocycles. The fourth-order valence-electron chi connectivity index (χ4n) is 2.58. The molecule has 0 amide bonds. The monoisotopic (exact) mass is 304 g/mol. The zero-order chi connectivity index (χ0) is 15.9. The topological polar surface area (TPSA) is 55.8 Å². The van der Waals surface area contributed by atoms with Crippen molar-refractivity contribution in [3.63, 3.8) is 0 Å². The second kappa shape index (κ2) is 7.99. The van der Waals surface area contributed by atoms with Crippen LogP contribution in [0.15, 0.2) is 42.5 Å². The van der Waals surface area contributed by atoms with E-state index in [2.05, 4.69) is 12.1 Å². The number of aliphatic hydroxyl groups excluding tert-OH is 1. The number of hydrogen-bond donors (Lipinski definition) is 1. The third kappa shape index (κ3) is 5.19. The molecule has 0 radical (unpaired) electrons. The highest BCUT2D eigenvalue weighted by molar-refractivity contribution is 5.60. The molecule has 3 atom stereocenters. The zero-order valence-corrected chi connectivity index (χ0v) is 13.1. The maximum atomic E-state index is 11.5. The molecule has 1 aliphatic rings. The molecular weight excluding hydrogens is 280 g/mol. The van der Waals surface area contributed by atoms with Crippen molar-refractivity contribution in [1.82, 2.24) is 0 Å². The Hall–Kier alpha value is -1.81. The van der Waals surface area contributed by atoms with Crippen LogP contribution in [-0.2, 0) is 15.9 Å². The smallest absolute Gasteiger partial charge is 0.432 e. The highest BCUT2D eigenvalue weighted by atomic mass is 16.7. The lowest BCUT2D eigenvalue weighted by molar-refractivity contribution is 0.0123. The Kier molecular flexibility index (Phi) is 6.01. The average molecular weight is 304 g/mol. The van der Waals surface area contributed by atoms with Gasteiger partial charge in [-0.3, -0.25) is 0 Å². The lowest BCUT2D eigenvalue weighted by Crippen LogP contribution is -2.23. The average Bonchev–Trinajstić information content (AvgIpc) is 2.93. The minimum atomic E-state index is -0.649. The van der Waals surface area contributed by atoms with Crippen molar-refractivity contribution in [1.29, 1.82) is 0 Å². The summed E-state index contributed by atoms with van der Waals surface area (Å²) >= 11 is 0. The predicted molar refractivity (Wildman–Crippen MR) is 84.5 cm³/mol. The van der Waals surface area contributed by atoms with Crippen molar-refractivity contribution in [2.24, 2.45) is 5.92 Å². The molecule has 1 aliphatic carbocycles. The number of aliphatic hydroxyl groups is 1. The largest absolute Gasteiger partial charge is 0.509 e. The van der Waals surface area contributed by atoms with E-state index in [0.717, 1.165) is 6.42 Å². The maximum Gasteiger partial charge on any atom is 0.509 e. The summed E-state index contributed by atoms with van der Waals surface area (Å²) < 4.78 is 10.2. The Morgan fingerprint density at radius 1 is 1.27 bits per heavy atom. The van der Waals surface area contributed by atoms with Gasteiger partial charge in [0.1, 0.15) is 6.10 Å². The standard InChI is InChI=1S/C18H24O4/c1-13(2)21-18(20)22-16-10-9-15(12-16)17(19)11-8-14-6-4-3-5-7-14/h3-7,9-10,13,15-17,19H,8,11-12H2,1-2H3/t15-,16-,17+/m0/s1. The first-order valence-electron chi connectivity index (χ1n) is 7.82. The van der Waals surface area contributed by atoms with Crippen LogP contribution in [0.3, 0.4) is 0 Å². The molecule has 1 aromatic carbocycles. The summed E-state index contributed by atoms with van der Waals surface area (Å²) in [5, 5.41) is 10.3. The maximum absolute atomic E-state index is 11.5. The van der Waals surface area contributed by atoms with E-state index < -0.39 is 12.3 Å². The summed E-state index contributed by atoms with van der Waals surface area (Å²) in [6, 6.07) is 10.1. The van der Waals surface area contributed by atoms with Gasteiger partial charge in [-0.15, -0.1) is 0 Å². The Balaban J connectivity index is 1.73. The predicted octanol–water partition coefficient (Wildman–Crippen LogP) is 3.49. The van der Waals surface area contributed by atoms with Gasteiger partial charge in [-0.1, -0.05) is 36.4 Å². The molecular formula is C18H24O4. The molecule has 0 bridgehead atoms. The van der Waals surface area contributed by atoms with Gasteiger partial charge in [0.2, 0.25) is 0 Å². The van der Waals surface area contributed by atoms with Gasteiger partial charge in [-0.05, 0) is 44.7 Å². The molecule has 0 fully saturated rings. The number of carbonyl (C=O) groups excluding carboxylic acids is 1. The molecule has 2 rings (SSSR count). The Bertz CT molecular complexity index is 495. The van der Waals surface area contributed by atoms with E-state index in [-0.39, 0.29) is 18.1 Å². The van der Waals surface area contributed by atoms with Gasteiger partial charge in [0.15, 0.2) is 0 Å². The van der Waals surface area contributed by atoms with Crippen molar-refractivity contribution >= 4 is 6.16 Å². The molecule has 0 heterocycles. The Morgan fingerprint density at radius 3 is 2.68 bits per heavy atom. The number of hydrogen-bond acceptors (Lipinski definition) is 4. The van der Waals surface area contributed by atoms with Gasteiger partial charge in [-0.2, -0.15) is 0 Å². The van der Waals surface area contributed by atoms with Crippen molar-refractivity contribution < 1.29 is 19.4 Å². The van der Waals surface area contributed by atoms with E-state index in [9.17, 15) is 9.90 Å². The third-order valence-corrected chi connectivity index (χ3v) is 3.72. The van der Waals surface area contributed by atoms with Crippen molar-refractivity contribution in [3.8, 4) is 0 Å². The number of carbonyl (C=O) groups is 1. The minimum absolute atomic E-state index is 0.0283. The van der Waals surface area contributed by atoms with Crippen LogP contribution in [0.5, 0.6) is 0 Å². The first-order chi connectivity index (χ1) is 10.5. The summed E-state index contributed by atoms with van der Waals surface area (Å²) in [6.07, 6.45) is 4.35. The SMILES string of the molecule is CC(C)OC(=O)O[C@H]1C=C[C@H]([C@H](O)CCc2ccccc2)C1. The molecule has 0 aliphatic heterocycles. The lowest BCUT2D eigenvalue weighted by atomic mass is 9.95. The molecule has 0 spiro atoms. The molecule has 120 valence electrons. The molecule has 22 heavy (non-hydrogen) atoms. The van der Waals surface area contributed by atoms with E-state index >= 15 is 0 Å². The normalized spacial score (nSPS) is 21.8. The van der Waals surface area contributed by atoms with Crippen LogP contribution in [0.2, 0.25) is 0 Å². The molecule has 0 unspecified atom stereocenters. The van der Waals surface area contributed by atoms with Crippen LogP contribution < -0.4 is 0 Å². The van der Waals surface area contributed by atoms with Crippen molar-refractivity contribution in [2.75, 3.05) is 0 Å². The summed E-state index contributed by atoms with van der Waals surface area (Å²) in [5.41, 5.74) is 1.22. The fraction of sp³-hybridized carbons (Fsp3) is 0.500. The number of ether oxygens (including phenoxy) is 2. The first kappa shape index (κ1) is 16.6. The third-order valence-electron chi connectivity index (χ3n) is 3.72. The second-order valence-corrected chi connectivity index (χ2v) is 5.95. The van der Waals surface area contributed by atoms with Gasteiger partial charge in [-0.25, -0.2) is 4.79 Å². The van der Waals surface area contributed by atoms with Crippen LogP contribution in [0.25, 0.3) is 0 Å². The fourth-order valence-corrected chi connectivity index (χ4v) is 2.58. The highest BCUT2D eigenvalue weighted by Crippen LogP contribution is 2.26. The van der Waals surface area contributed by atoms with Gasteiger partial charge in [0, 0.05) is 5.92 Å². The quantitative estimate of drug-likeness (QED) is 0.645. The summed E-state index contributed by atoms with van der Waals surface area (Å²) in [5.74, 6) is 0.0283. The summed E-state index contributed by atoms with van der Waals surface area (Å²) in [6.45, 7) is 3.56. The molecule has 1 N–H and O–H groups in total. The Labute approximate surface area is 131 Å². The van der Waals surface area contributed by atoms with Crippen LogP contribution in [0.1, 0.15) is 32.3 Å². The van der Waals surface area contributed by atoms with E-state index in [1.165, 1.54) is 5.56 Å². The van der Waals surface area contributed by atoms with Crippen molar-refractivity contribution in [3.05, 3.63) is 48.0 Å². The zero-order valence-electron chi connectivity index (χ0n) is 13.1. The van der Waals surface area contributed by atoms with Crippen LogP contribution in [-0.4, -0.2) is 29.6 Å². The summed E-state index contributed by atoms with van der Waals surface area (Å²) in [4.78, 5) is 11.5. The van der Waals surface area contributed by atoms with E-state index in [0.29, 0.717) is 12.8 Å². The molecule has 4 heteroatoms. The van der Waals surface area contributed by atoms with Gasteiger partial charge < -0.3 is 14.6 Å². The van der Waals surface area contributed by atoms with Gasteiger partial charge in [0.05, 0.1) is 12.2 Å². The molecule has 1 aromatic rings. The summed E-state index contributed by atoms with van der Waals surface area (Å²) in [7, 11) is 0. The number of rotatable bonds is 6. The van der Waals surface area contributed by atoms with Crippen LogP contribution in [0.4, 0.5) is 4.79 Å². The van der Waals surface area contributed by atoms with Crippen LogP contribution >= 0.6 is 0 Å². The van der Waals surface area contributed by atoms with Crippen LogP contribution in [0, 0.1) is 5.92 Å². The Morgan fingerprint density at radius 2 is 2.00 bits per heavy atom. The second-order valence-electron chi connectivity index (χ2n) is 5.95. The van der Waals surface area contributed by atoms with Gasteiger partial charge >= 0.3 is 6.16 Å². The van der Waals surface area contributed by atoms with E-state index in [1.807, 2.05) is 30.4 Å². The van der Waals surface area contributed by atoms with E-state index in [1.54, 1.807) is 13.8 Å². The highest BCUT2D eigenvalue weighted by Gasteiger charge is 2.27. The van der Waals surface area contributed by atoms with Crippen molar-refractivity contribution in [2.45, 2.75) is 51.4 Å². The number of benzene rings is 1. The molecule has 0 aromatic heterocycles. The van der Waals surface area contributed by atoms with Gasteiger partial charge in [0.25, 0.3) is 0 Å². The first-order valence-corrected chi connectivity index (χ1v) is 7.82.